The number of hydrogen-bond donors (Lipinski definition) is 2. The second-order valence-corrected chi connectivity index (χ2v) is 4.99. The van der Waals surface area contributed by atoms with Crippen LogP contribution in [0.5, 0.6) is 0 Å². The van der Waals surface area contributed by atoms with E-state index in [1.807, 2.05) is 0 Å². The molecule has 0 saturated carbocycles. The molecular weight excluding hydrogens is 233 g/mol. The average Bonchev–Trinajstić information content (AvgIpc) is 2.09. The highest BCUT2D eigenvalue weighted by Gasteiger charge is 2.29. The summed E-state index contributed by atoms with van der Waals surface area (Å²) in [6, 6.07) is 0. The minimum absolute atomic E-state index is 0.273. The van der Waals surface area contributed by atoms with Crippen LogP contribution >= 0.6 is 0 Å². The largest absolute Gasteiger partial charge is 0.402 e. The maximum atomic E-state index is 11.7. The molecule has 92 valence electrons. The first-order valence-corrected chi connectivity index (χ1v) is 6.11. The van der Waals surface area contributed by atoms with Gasteiger partial charge in [0.05, 0.1) is 5.75 Å². The molecule has 0 aliphatic rings. The van der Waals surface area contributed by atoms with E-state index in [1.165, 1.54) is 4.72 Å². The molecule has 8 heteroatoms. The van der Waals surface area contributed by atoms with Crippen molar-refractivity contribution >= 4 is 10.0 Å². The van der Waals surface area contributed by atoms with E-state index in [4.69, 9.17) is 0 Å². The minimum Gasteiger partial charge on any atom is -0.320 e. The summed E-state index contributed by atoms with van der Waals surface area (Å²) in [5, 5.41) is 2.81. The topological polar surface area (TPSA) is 58.2 Å². The smallest absolute Gasteiger partial charge is 0.320 e. The van der Waals surface area contributed by atoms with Crippen LogP contribution in [-0.2, 0) is 10.0 Å². The van der Waals surface area contributed by atoms with Gasteiger partial charge in [0.15, 0.2) is 0 Å². The Morgan fingerprint density at radius 3 is 2.27 bits per heavy atom. The van der Waals surface area contributed by atoms with Gasteiger partial charge in [-0.15, -0.1) is 0 Å². The second-order valence-electron chi connectivity index (χ2n) is 3.07. The zero-order valence-electron chi connectivity index (χ0n) is 8.39. The first-order chi connectivity index (χ1) is 6.77. The quantitative estimate of drug-likeness (QED) is 0.644. The van der Waals surface area contributed by atoms with Gasteiger partial charge in [-0.25, -0.2) is 13.1 Å². The molecule has 0 saturated heterocycles. The Labute approximate surface area is 87.3 Å². The standard InChI is InChI=1S/C7H15F3N2O2S/c1-11-4-2-3-5-15(13,14)12-6-7(8,9)10/h11-12H,2-6H2,1H3. The number of unbranched alkanes of at least 4 members (excludes halogenated alkanes) is 1. The highest BCUT2D eigenvalue weighted by Crippen LogP contribution is 2.12. The summed E-state index contributed by atoms with van der Waals surface area (Å²) in [5.41, 5.74) is 0. The first kappa shape index (κ1) is 14.7. The number of hydrogen-bond acceptors (Lipinski definition) is 3. The van der Waals surface area contributed by atoms with E-state index in [2.05, 4.69) is 5.32 Å². The highest BCUT2D eigenvalue weighted by molar-refractivity contribution is 7.89. The summed E-state index contributed by atoms with van der Waals surface area (Å²) in [5.74, 6) is -0.273. The molecular formula is C7H15F3N2O2S. The summed E-state index contributed by atoms with van der Waals surface area (Å²) in [4.78, 5) is 0. The van der Waals surface area contributed by atoms with Crippen molar-refractivity contribution in [1.82, 2.24) is 10.0 Å². The van der Waals surface area contributed by atoms with Gasteiger partial charge in [0.25, 0.3) is 0 Å². The molecule has 0 aromatic rings. The van der Waals surface area contributed by atoms with Crippen LogP contribution in [-0.4, -0.2) is 40.5 Å². The average molecular weight is 248 g/mol. The molecule has 0 unspecified atom stereocenters. The lowest BCUT2D eigenvalue weighted by molar-refractivity contribution is -0.121. The molecule has 15 heavy (non-hydrogen) atoms. The predicted molar refractivity (Wildman–Crippen MR) is 51.0 cm³/mol. The van der Waals surface area contributed by atoms with Crippen molar-refractivity contribution in [2.45, 2.75) is 19.0 Å². The van der Waals surface area contributed by atoms with Crippen LogP contribution < -0.4 is 10.0 Å². The van der Waals surface area contributed by atoms with Gasteiger partial charge in [-0.1, -0.05) is 0 Å². The van der Waals surface area contributed by atoms with E-state index in [1.54, 1.807) is 7.05 Å². The van der Waals surface area contributed by atoms with Gasteiger partial charge in [0, 0.05) is 0 Å². The molecule has 0 atom stereocenters. The molecule has 0 spiro atoms. The fraction of sp³-hybridized carbons (Fsp3) is 1.00. The van der Waals surface area contributed by atoms with E-state index in [9.17, 15) is 21.6 Å². The molecule has 0 radical (unpaired) electrons. The molecule has 0 aliphatic heterocycles. The zero-order valence-corrected chi connectivity index (χ0v) is 9.21. The molecule has 0 bridgehead atoms. The molecule has 0 rings (SSSR count). The molecule has 2 N–H and O–H groups in total. The van der Waals surface area contributed by atoms with Crippen molar-refractivity contribution in [3.8, 4) is 0 Å². The summed E-state index contributed by atoms with van der Waals surface area (Å²) in [7, 11) is -2.07. The molecule has 0 heterocycles. The summed E-state index contributed by atoms with van der Waals surface area (Å²) in [6.45, 7) is -0.851. The van der Waals surface area contributed by atoms with Crippen molar-refractivity contribution < 1.29 is 21.6 Å². The third kappa shape index (κ3) is 9.95. The Hall–Kier alpha value is -0.340. The van der Waals surface area contributed by atoms with Crippen molar-refractivity contribution in [2.24, 2.45) is 0 Å². The second kappa shape index (κ2) is 6.29. The third-order valence-corrected chi connectivity index (χ3v) is 2.99. The molecule has 0 aromatic heterocycles. The van der Waals surface area contributed by atoms with Gasteiger partial charge in [-0.05, 0) is 26.4 Å². The summed E-state index contributed by atoms with van der Waals surface area (Å²) < 4.78 is 58.6. The van der Waals surface area contributed by atoms with Crippen LogP contribution in [0.15, 0.2) is 0 Å². The monoisotopic (exact) mass is 248 g/mol. The minimum atomic E-state index is -4.50. The van der Waals surface area contributed by atoms with E-state index < -0.39 is 22.7 Å². The van der Waals surface area contributed by atoms with Gasteiger partial charge in [-0.2, -0.15) is 13.2 Å². The van der Waals surface area contributed by atoms with E-state index in [0.717, 1.165) is 0 Å². The summed E-state index contributed by atoms with van der Waals surface area (Å²) in [6.07, 6.45) is -3.55. The van der Waals surface area contributed by atoms with Gasteiger partial charge in [-0.3, -0.25) is 0 Å². The predicted octanol–water partition coefficient (Wildman–Crippen LogP) is 0.468. The Kier molecular flexibility index (Phi) is 6.15. The number of nitrogens with one attached hydrogen (secondary N) is 2. The third-order valence-electron chi connectivity index (χ3n) is 1.58. The first-order valence-electron chi connectivity index (χ1n) is 4.45. The van der Waals surface area contributed by atoms with Crippen molar-refractivity contribution in [1.29, 1.82) is 0 Å². The maximum Gasteiger partial charge on any atom is 0.402 e. The van der Waals surface area contributed by atoms with Crippen LogP contribution in [0.3, 0.4) is 0 Å². The normalized spacial score (nSPS) is 13.1. The lowest BCUT2D eigenvalue weighted by atomic mass is 10.3. The number of rotatable bonds is 7. The molecule has 0 amide bonds. The SMILES string of the molecule is CNCCCCS(=O)(=O)NCC(F)(F)F. The zero-order chi connectivity index (χ0) is 11.9. The number of alkyl halides is 3. The molecule has 0 aromatic carbocycles. The number of sulfonamides is 1. The highest BCUT2D eigenvalue weighted by atomic mass is 32.2. The number of halogens is 3. The van der Waals surface area contributed by atoms with Gasteiger partial charge in [0.1, 0.15) is 6.54 Å². The Morgan fingerprint density at radius 2 is 1.80 bits per heavy atom. The van der Waals surface area contributed by atoms with E-state index in [-0.39, 0.29) is 5.75 Å². The molecule has 0 aliphatic carbocycles. The molecule has 4 nitrogen and oxygen atoms in total. The van der Waals surface area contributed by atoms with Crippen molar-refractivity contribution in [3.05, 3.63) is 0 Å². The van der Waals surface area contributed by atoms with Gasteiger partial charge in [0.2, 0.25) is 10.0 Å². The summed E-state index contributed by atoms with van der Waals surface area (Å²) >= 11 is 0. The van der Waals surface area contributed by atoms with Crippen LogP contribution in [0.25, 0.3) is 0 Å². The molecule has 0 fully saturated rings. The van der Waals surface area contributed by atoms with Crippen molar-refractivity contribution in [3.63, 3.8) is 0 Å². The van der Waals surface area contributed by atoms with Crippen molar-refractivity contribution in [2.75, 3.05) is 25.9 Å². The lowest BCUT2D eigenvalue weighted by Gasteiger charge is -2.08. The van der Waals surface area contributed by atoms with Crippen LogP contribution in [0.1, 0.15) is 12.8 Å². The lowest BCUT2D eigenvalue weighted by Crippen LogP contribution is -2.35. The van der Waals surface area contributed by atoms with E-state index in [0.29, 0.717) is 19.4 Å². The Bertz CT molecular complexity index is 264. The van der Waals surface area contributed by atoms with Crippen LogP contribution in [0.4, 0.5) is 13.2 Å². The maximum absolute atomic E-state index is 11.7. The Balaban J connectivity index is 3.78. The van der Waals surface area contributed by atoms with Crippen LogP contribution in [0.2, 0.25) is 0 Å². The van der Waals surface area contributed by atoms with Crippen LogP contribution in [0, 0.1) is 0 Å². The van der Waals surface area contributed by atoms with E-state index >= 15 is 0 Å². The Morgan fingerprint density at radius 1 is 1.20 bits per heavy atom. The van der Waals surface area contributed by atoms with Gasteiger partial charge < -0.3 is 5.32 Å². The fourth-order valence-electron chi connectivity index (χ4n) is 0.858. The van der Waals surface area contributed by atoms with Gasteiger partial charge >= 0.3 is 6.18 Å². The fourth-order valence-corrected chi connectivity index (χ4v) is 1.97.